The number of benzene rings is 1. The normalized spacial score (nSPS) is 21.9. The lowest BCUT2D eigenvalue weighted by molar-refractivity contribution is -0.139. The zero-order valence-electron chi connectivity index (χ0n) is 11.7. The molecule has 1 aliphatic rings. The number of carbonyl (C=O) groups excluding carboxylic acids is 1. The Morgan fingerprint density at radius 3 is 2.85 bits per heavy atom. The van der Waals surface area contributed by atoms with Crippen molar-refractivity contribution in [1.82, 2.24) is 5.32 Å². The number of rotatable bonds is 6. The van der Waals surface area contributed by atoms with E-state index in [2.05, 4.69) is 5.32 Å². The summed E-state index contributed by atoms with van der Waals surface area (Å²) in [5, 5.41) is 13.4. The average Bonchev–Trinajstić information content (AvgIpc) is 2.87. The van der Waals surface area contributed by atoms with Crippen LogP contribution < -0.4 is 5.32 Å². The zero-order chi connectivity index (χ0) is 14.4. The van der Waals surface area contributed by atoms with Crippen LogP contribution in [-0.4, -0.2) is 43.5 Å². The Bertz CT molecular complexity index is 455. The van der Waals surface area contributed by atoms with Gasteiger partial charge in [0, 0.05) is 26.1 Å². The molecular formula is C15H21NO4. The van der Waals surface area contributed by atoms with Gasteiger partial charge in [0.15, 0.2) is 0 Å². The topological polar surface area (TPSA) is 67.8 Å². The summed E-state index contributed by atoms with van der Waals surface area (Å²) >= 11 is 0. The number of ether oxygens (including phenoxy) is 2. The number of nitrogens with one attached hydrogen (secondary N) is 1. The van der Waals surface area contributed by atoms with Gasteiger partial charge in [-0.25, -0.2) is 0 Å². The molecule has 2 N–H and O–H groups in total. The van der Waals surface area contributed by atoms with Crippen molar-refractivity contribution >= 4 is 5.97 Å². The van der Waals surface area contributed by atoms with E-state index in [9.17, 15) is 9.90 Å². The van der Waals surface area contributed by atoms with Crippen molar-refractivity contribution in [1.29, 1.82) is 0 Å². The first-order chi connectivity index (χ1) is 9.63. The predicted octanol–water partition coefficient (Wildman–Crippen LogP) is 0.643. The predicted molar refractivity (Wildman–Crippen MR) is 74.3 cm³/mol. The van der Waals surface area contributed by atoms with Crippen LogP contribution in [0.2, 0.25) is 0 Å². The van der Waals surface area contributed by atoms with Crippen LogP contribution in [-0.2, 0) is 27.2 Å². The van der Waals surface area contributed by atoms with Gasteiger partial charge in [-0.05, 0) is 11.1 Å². The van der Waals surface area contributed by atoms with Crippen molar-refractivity contribution in [3.05, 3.63) is 35.4 Å². The second-order valence-corrected chi connectivity index (χ2v) is 5.15. The number of carbonyl (C=O) groups is 1. The summed E-state index contributed by atoms with van der Waals surface area (Å²) in [6, 6.07) is 7.73. The Kier molecular flexibility index (Phi) is 5.11. The van der Waals surface area contributed by atoms with Crippen LogP contribution in [0.5, 0.6) is 0 Å². The van der Waals surface area contributed by atoms with Crippen LogP contribution in [0.25, 0.3) is 0 Å². The van der Waals surface area contributed by atoms with Crippen molar-refractivity contribution in [3.8, 4) is 0 Å². The Balaban J connectivity index is 1.90. The Hall–Kier alpha value is -1.43. The van der Waals surface area contributed by atoms with Gasteiger partial charge >= 0.3 is 5.97 Å². The summed E-state index contributed by atoms with van der Waals surface area (Å²) < 4.78 is 9.90. The highest BCUT2D eigenvalue weighted by Gasteiger charge is 2.31. The zero-order valence-corrected chi connectivity index (χ0v) is 11.7. The Morgan fingerprint density at radius 2 is 2.20 bits per heavy atom. The van der Waals surface area contributed by atoms with E-state index in [1.807, 2.05) is 24.3 Å². The Labute approximate surface area is 118 Å². The molecule has 1 aromatic carbocycles. The van der Waals surface area contributed by atoms with Gasteiger partial charge < -0.3 is 19.9 Å². The third-order valence-electron chi connectivity index (χ3n) is 3.53. The van der Waals surface area contributed by atoms with E-state index < -0.39 is 5.60 Å². The number of hydrogen-bond acceptors (Lipinski definition) is 5. The fraction of sp³-hybridized carbons (Fsp3) is 0.533. The first-order valence-electron chi connectivity index (χ1n) is 6.77. The maximum atomic E-state index is 11.4. The van der Waals surface area contributed by atoms with Gasteiger partial charge in [0.05, 0.1) is 20.1 Å². The fourth-order valence-electron chi connectivity index (χ4n) is 2.30. The van der Waals surface area contributed by atoms with Gasteiger partial charge in [-0.3, -0.25) is 4.79 Å². The molecular weight excluding hydrogens is 258 g/mol. The Morgan fingerprint density at radius 1 is 1.45 bits per heavy atom. The van der Waals surface area contributed by atoms with E-state index in [-0.39, 0.29) is 12.4 Å². The standard InChI is InChI=1S/C15H21NO4/c1-19-14(17)8-12-4-2-3-5-13(12)9-16-10-15(18)6-7-20-11-15/h2-5,16,18H,6-11H2,1H3. The van der Waals surface area contributed by atoms with E-state index >= 15 is 0 Å². The molecule has 0 saturated carbocycles. The molecule has 0 amide bonds. The lowest BCUT2D eigenvalue weighted by atomic mass is 10.0. The minimum absolute atomic E-state index is 0.250. The third-order valence-corrected chi connectivity index (χ3v) is 3.53. The molecule has 0 bridgehead atoms. The van der Waals surface area contributed by atoms with Gasteiger partial charge in [0.25, 0.3) is 0 Å². The summed E-state index contributed by atoms with van der Waals surface area (Å²) in [4.78, 5) is 11.4. The van der Waals surface area contributed by atoms with Crippen molar-refractivity contribution in [2.24, 2.45) is 0 Å². The maximum absolute atomic E-state index is 11.4. The van der Waals surface area contributed by atoms with Crippen LogP contribution in [0.4, 0.5) is 0 Å². The quantitative estimate of drug-likeness (QED) is 0.748. The average molecular weight is 279 g/mol. The van der Waals surface area contributed by atoms with Gasteiger partial charge in [0.2, 0.25) is 0 Å². The van der Waals surface area contributed by atoms with Gasteiger partial charge in [-0.2, -0.15) is 0 Å². The van der Waals surface area contributed by atoms with Crippen LogP contribution in [0, 0.1) is 0 Å². The molecule has 1 atom stereocenters. The second kappa shape index (κ2) is 6.83. The number of hydrogen-bond donors (Lipinski definition) is 2. The third kappa shape index (κ3) is 4.03. The van der Waals surface area contributed by atoms with E-state index in [0.29, 0.717) is 32.7 Å². The van der Waals surface area contributed by atoms with Crippen LogP contribution in [0.15, 0.2) is 24.3 Å². The minimum Gasteiger partial charge on any atom is -0.469 e. The molecule has 5 nitrogen and oxygen atoms in total. The van der Waals surface area contributed by atoms with E-state index in [1.54, 1.807) is 0 Å². The molecule has 0 spiro atoms. The molecule has 0 aromatic heterocycles. The highest BCUT2D eigenvalue weighted by Crippen LogP contribution is 2.17. The molecule has 1 unspecified atom stereocenters. The highest BCUT2D eigenvalue weighted by atomic mass is 16.5. The first kappa shape index (κ1) is 15.0. The maximum Gasteiger partial charge on any atom is 0.309 e. The summed E-state index contributed by atoms with van der Waals surface area (Å²) in [5.74, 6) is -0.250. The number of methoxy groups -OCH3 is 1. The number of aliphatic hydroxyl groups is 1. The smallest absolute Gasteiger partial charge is 0.309 e. The summed E-state index contributed by atoms with van der Waals surface area (Å²) in [7, 11) is 1.39. The monoisotopic (exact) mass is 279 g/mol. The molecule has 2 rings (SSSR count). The molecule has 0 radical (unpaired) electrons. The fourth-order valence-corrected chi connectivity index (χ4v) is 2.30. The van der Waals surface area contributed by atoms with Crippen molar-refractivity contribution in [2.45, 2.75) is 25.0 Å². The SMILES string of the molecule is COC(=O)Cc1ccccc1CNCC1(O)CCOC1. The molecule has 0 aliphatic carbocycles. The summed E-state index contributed by atoms with van der Waals surface area (Å²) in [6.45, 7) is 2.08. The molecule has 110 valence electrons. The van der Waals surface area contributed by atoms with E-state index in [4.69, 9.17) is 9.47 Å². The van der Waals surface area contributed by atoms with Crippen molar-refractivity contribution in [2.75, 3.05) is 26.9 Å². The molecule has 20 heavy (non-hydrogen) atoms. The van der Waals surface area contributed by atoms with Crippen molar-refractivity contribution in [3.63, 3.8) is 0 Å². The summed E-state index contributed by atoms with van der Waals surface area (Å²) in [6.07, 6.45) is 0.922. The van der Waals surface area contributed by atoms with E-state index in [0.717, 1.165) is 11.1 Å². The molecule has 1 aromatic rings. The number of esters is 1. The molecule has 1 saturated heterocycles. The van der Waals surface area contributed by atoms with Gasteiger partial charge in [-0.1, -0.05) is 24.3 Å². The second-order valence-electron chi connectivity index (χ2n) is 5.15. The van der Waals surface area contributed by atoms with Crippen LogP contribution in [0.3, 0.4) is 0 Å². The van der Waals surface area contributed by atoms with Crippen molar-refractivity contribution < 1.29 is 19.4 Å². The summed E-state index contributed by atoms with van der Waals surface area (Å²) in [5.41, 5.74) is 1.22. The molecule has 1 aliphatic heterocycles. The van der Waals surface area contributed by atoms with Crippen LogP contribution in [0.1, 0.15) is 17.5 Å². The lowest BCUT2D eigenvalue weighted by Gasteiger charge is -2.21. The molecule has 5 heteroatoms. The largest absolute Gasteiger partial charge is 0.469 e. The van der Waals surface area contributed by atoms with Gasteiger partial charge in [0.1, 0.15) is 5.60 Å². The minimum atomic E-state index is -0.767. The van der Waals surface area contributed by atoms with Gasteiger partial charge in [-0.15, -0.1) is 0 Å². The first-order valence-corrected chi connectivity index (χ1v) is 6.77. The molecule has 1 fully saturated rings. The lowest BCUT2D eigenvalue weighted by Crippen LogP contribution is -2.40. The van der Waals surface area contributed by atoms with E-state index in [1.165, 1.54) is 7.11 Å². The van der Waals surface area contributed by atoms with Crippen LogP contribution >= 0.6 is 0 Å². The highest BCUT2D eigenvalue weighted by molar-refractivity contribution is 5.72. The molecule has 1 heterocycles.